The zero-order chi connectivity index (χ0) is 19.7. The number of nitrogens with one attached hydrogen (secondary N) is 2. The van der Waals surface area contributed by atoms with Crippen LogP contribution in [0.3, 0.4) is 0 Å². The zero-order valence-electron chi connectivity index (χ0n) is 15.7. The van der Waals surface area contributed by atoms with Gasteiger partial charge in [-0.25, -0.2) is 9.48 Å². The van der Waals surface area contributed by atoms with Gasteiger partial charge >= 0.3 is 6.03 Å². The van der Waals surface area contributed by atoms with E-state index in [4.69, 9.17) is 0 Å². The number of hydrogen-bond acceptors (Lipinski definition) is 5. The number of rotatable bonds is 5. The first-order chi connectivity index (χ1) is 13.5. The van der Waals surface area contributed by atoms with E-state index in [0.29, 0.717) is 31.1 Å². The number of imide groups is 1. The molecule has 0 atom stereocenters. The van der Waals surface area contributed by atoms with Crippen LogP contribution in [0, 0.1) is 5.92 Å². The summed E-state index contributed by atoms with van der Waals surface area (Å²) in [5.41, 5.74) is 0.261. The molecule has 2 aliphatic rings. The molecule has 2 aromatic heterocycles. The monoisotopic (exact) mass is 401 g/mol. The van der Waals surface area contributed by atoms with Crippen molar-refractivity contribution in [3.63, 3.8) is 0 Å². The standard InChI is InChI=1S/C19H23N5O3S/c1-13-2-6-19(7-3-13)17(26)23(18(27)22-19)11-16(25)21-15-4-8-20-24(15)10-14-5-9-28-12-14/h4-5,8-9,12-13H,2-3,6-7,10-11H2,1H3,(H,21,25)(H,22,27). The molecule has 1 aliphatic heterocycles. The molecule has 2 N–H and O–H groups in total. The Morgan fingerprint density at radius 1 is 1.36 bits per heavy atom. The fourth-order valence-corrected chi connectivity index (χ4v) is 4.52. The summed E-state index contributed by atoms with van der Waals surface area (Å²) >= 11 is 1.60. The SMILES string of the molecule is CC1CCC2(CC1)NC(=O)N(CC(=O)Nc1ccnn1Cc1ccsc1)C2=O. The van der Waals surface area contributed by atoms with Crippen molar-refractivity contribution < 1.29 is 14.4 Å². The maximum Gasteiger partial charge on any atom is 0.325 e. The molecule has 148 valence electrons. The maximum absolute atomic E-state index is 12.9. The highest BCUT2D eigenvalue weighted by atomic mass is 32.1. The highest BCUT2D eigenvalue weighted by Crippen LogP contribution is 2.36. The van der Waals surface area contributed by atoms with Crippen molar-refractivity contribution in [1.29, 1.82) is 0 Å². The van der Waals surface area contributed by atoms with Crippen molar-refractivity contribution in [3.05, 3.63) is 34.7 Å². The van der Waals surface area contributed by atoms with E-state index in [1.54, 1.807) is 28.3 Å². The first kappa shape index (κ1) is 18.7. The summed E-state index contributed by atoms with van der Waals surface area (Å²) in [6.45, 7) is 2.39. The van der Waals surface area contributed by atoms with Crippen molar-refractivity contribution in [2.45, 2.75) is 44.7 Å². The Kier molecular flexibility index (Phi) is 4.92. The molecule has 3 heterocycles. The Morgan fingerprint density at radius 2 is 2.14 bits per heavy atom. The van der Waals surface area contributed by atoms with Gasteiger partial charge < -0.3 is 10.6 Å². The van der Waals surface area contributed by atoms with Crippen molar-refractivity contribution in [1.82, 2.24) is 20.0 Å². The largest absolute Gasteiger partial charge is 0.325 e. The number of carbonyl (C=O) groups is 3. The minimum absolute atomic E-state index is 0.286. The van der Waals surface area contributed by atoms with Crippen molar-refractivity contribution in [3.8, 4) is 0 Å². The van der Waals surface area contributed by atoms with E-state index in [-0.39, 0.29) is 12.5 Å². The van der Waals surface area contributed by atoms with E-state index < -0.39 is 17.5 Å². The molecular formula is C19H23N5O3S. The first-order valence-electron chi connectivity index (χ1n) is 9.44. The topological polar surface area (TPSA) is 96.3 Å². The third-order valence-electron chi connectivity index (χ3n) is 5.57. The number of aromatic nitrogens is 2. The van der Waals surface area contributed by atoms with Crippen LogP contribution in [0.4, 0.5) is 10.6 Å². The molecular weight excluding hydrogens is 378 g/mol. The van der Waals surface area contributed by atoms with Gasteiger partial charge in [0.1, 0.15) is 17.9 Å². The molecule has 8 nitrogen and oxygen atoms in total. The smallest absolute Gasteiger partial charge is 0.323 e. The van der Waals surface area contributed by atoms with E-state index in [1.165, 1.54) is 0 Å². The van der Waals surface area contributed by atoms with Gasteiger partial charge in [0.2, 0.25) is 5.91 Å². The van der Waals surface area contributed by atoms with E-state index in [9.17, 15) is 14.4 Å². The molecule has 0 radical (unpaired) electrons. The second-order valence-corrected chi connectivity index (χ2v) is 8.42. The van der Waals surface area contributed by atoms with Crippen LogP contribution in [0.1, 0.15) is 38.2 Å². The summed E-state index contributed by atoms with van der Waals surface area (Å²) in [5, 5.41) is 13.8. The zero-order valence-corrected chi connectivity index (χ0v) is 16.5. The summed E-state index contributed by atoms with van der Waals surface area (Å²) < 4.78 is 1.68. The average Bonchev–Trinajstić information content (AvgIpc) is 3.38. The lowest BCUT2D eigenvalue weighted by Gasteiger charge is -2.33. The lowest BCUT2D eigenvalue weighted by molar-refractivity contribution is -0.135. The van der Waals surface area contributed by atoms with Crippen LogP contribution in [0.15, 0.2) is 29.1 Å². The van der Waals surface area contributed by atoms with Crippen LogP contribution < -0.4 is 10.6 Å². The van der Waals surface area contributed by atoms with Gasteiger partial charge in [-0.2, -0.15) is 16.4 Å². The third-order valence-corrected chi connectivity index (χ3v) is 6.30. The highest BCUT2D eigenvalue weighted by Gasteiger charge is 2.52. The Balaban J connectivity index is 1.40. The van der Waals surface area contributed by atoms with Gasteiger partial charge in [0.05, 0.1) is 12.7 Å². The lowest BCUT2D eigenvalue weighted by Crippen LogP contribution is -2.49. The molecule has 1 spiro atoms. The first-order valence-corrected chi connectivity index (χ1v) is 10.4. The average molecular weight is 401 g/mol. The molecule has 4 amide bonds. The molecule has 2 fully saturated rings. The number of carbonyl (C=O) groups excluding carboxylic acids is 3. The Bertz CT molecular complexity index is 883. The number of nitrogens with zero attached hydrogens (tertiary/aromatic N) is 3. The van der Waals surface area contributed by atoms with E-state index in [0.717, 1.165) is 23.3 Å². The van der Waals surface area contributed by atoms with E-state index in [2.05, 4.69) is 22.7 Å². The van der Waals surface area contributed by atoms with Gasteiger partial charge in [-0.05, 0) is 54.0 Å². The Hall–Kier alpha value is -2.68. The van der Waals surface area contributed by atoms with Gasteiger partial charge in [0, 0.05) is 6.07 Å². The highest BCUT2D eigenvalue weighted by molar-refractivity contribution is 7.07. The summed E-state index contributed by atoms with van der Waals surface area (Å²) in [7, 11) is 0. The molecule has 2 aromatic rings. The second kappa shape index (κ2) is 7.38. The predicted octanol–water partition coefficient (Wildman–Crippen LogP) is 2.43. The quantitative estimate of drug-likeness (QED) is 0.752. The molecule has 9 heteroatoms. The van der Waals surface area contributed by atoms with Gasteiger partial charge in [-0.1, -0.05) is 6.92 Å². The van der Waals surface area contributed by atoms with Crippen LogP contribution in [-0.4, -0.2) is 44.6 Å². The van der Waals surface area contributed by atoms with Gasteiger partial charge in [0.25, 0.3) is 5.91 Å². The van der Waals surface area contributed by atoms with Crippen LogP contribution in [0.25, 0.3) is 0 Å². The van der Waals surface area contributed by atoms with Crippen molar-refractivity contribution >= 4 is 35.0 Å². The van der Waals surface area contributed by atoms with Crippen LogP contribution in [0.2, 0.25) is 0 Å². The van der Waals surface area contributed by atoms with Gasteiger partial charge in [0.15, 0.2) is 0 Å². The molecule has 1 saturated heterocycles. The molecule has 28 heavy (non-hydrogen) atoms. The van der Waals surface area contributed by atoms with Crippen LogP contribution in [-0.2, 0) is 16.1 Å². The minimum atomic E-state index is -0.829. The normalized spacial score (nSPS) is 24.6. The summed E-state index contributed by atoms with van der Waals surface area (Å²) in [6, 6.07) is 3.21. The third kappa shape index (κ3) is 3.54. The summed E-state index contributed by atoms with van der Waals surface area (Å²) in [4.78, 5) is 38.8. The number of urea groups is 1. The summed E-state index contributed by atoms with van der Waals surface area (Å²) in [5.74, 6) is 0.378. The van der Waals surface area contributed by atoms with E-state index in [1.807, 2.05) is 16.8 Å². The molecule has 0 bridgehead atoms. The minimum Gasteiger partial charge on any atom is -0.323 e. The number of anilines is 1. The Labute approximate surface area is 166 Å². The van der Waals surface area contributed by atoms with Crippen molar-refractivity contribution in [2.24, 2.45) is 5.92 Å². The molecule has 4 rings (SSSR count). The van der Waals surface area contributed by atoms with E-state index >= 15 is 0 Å². The van der Waals surface area contributed by atoms with Gasteiger partial charge in [-0.15, -0.1) is 0 Å². The molecule has 1 aliphatic carbocycles. The number of thiophene rings is 1. The maximum atomic E-state index is 12.9. The van der Waals surface area contributed by atoms with Crippen LogP contribution >= 0.6 is 11.3 Å². The van der Waals surface area contributed by atoms with Crippen LogP contribution in [0.5, 0.6) is 0 Å². The predicted molar refractivity (Wildman–Crippen MR) is 105 cm³/mol. The van der Waals surface area contributed by atoms with Gasteiger partial charge in [-0.3, -0.25) is 14.5 Å². The lowest BCUT2D eigenvalue weighted by atomic mass is 9.77. The molecule has 1 saturated carbocycles. The molecule has 0 aromatic carbocycles. The fraction of sp³-hybridized carbons (Fsp3) is 0.474. The number of amides is 4. The second-order valence-electron chi connectivity index (χ2n) is 7.64. The Morgan fingerprint density at radius 3 is 2.86 bits per heavy atom. The fourth-order valence-electron chi connectivity index (χ4n) is 3.86. The molecule has 0 unspecified atom stereocenters. The number of hydrogen-bond donors (Lipinski definition) is 2. The van der Waals surface area contributed by atoms with Crippen molar-refractivity contribution in [2.75, 3.05) is 11.9 Å². The summed E-state index contributed by atoms with van der Waals surface area (Å²) in [6.07, 6.45) is 4.66.